The van der Waals surface area contributed by atoms with Gasteiger partial charge in [0, 0.05) is 12.7 Å². The number of hydrogen-bond acceptors (Lipinski definition) is 5. The Morgan fingerprint density at radius 1 is 1.65 bits per heavy atom. The summed E-state index contributed by atoms with van der Waals surface area (Å²) in [5.41, 5.74) is -0.637. The molecule has 1 amide bonds. The molecule has 0 saturated carbocycles. The summed E-state index contributed by atoms with van der Waals surface area (Å²) in [6.45, 7) is 0.552. The second-order valence-electron chi connectivity index (χ2n) is 4.35. The van der Waals surface area contributed by atoms with E-state index < -0.39 is 28.9 Å². The summed E-state index contributed by atoms with van der Waals surface area (Å²) in [4.78, 5) is 25.9. The molecular formula is C11H13FN4O4. The maximum atomic E-state index is 13.9. The van der Waals surface area contributed by atoms with E-state index in [4.69, 9.17) is 0 Å². The van der Waals surface area contributed by atoms with Crippen molar-refractivity contribution in [3.05, 3.63) is 28.6 Å². The molecule has 0 radical (unpaired) electrons. The lowest BCUT2D eigenvalue weighted by molar-refractivity contribution is -0.384. The summed E-state index contributed by atoms with van der Waals surface area (Å²) in [6, 6.07) is 0.204. The first-order valence-electron chi connectivity index (χ1n) is 5.97. The number of nitrogens with one attached hydrogen (secondary N) is 1. The Morgan fingerprint density at radius 2 is 2.40 bits per heavy atom. The van der Waals surface area contributed by atoms with Crippen LogP contribution in [0, 0.1) is 10.1 Å². The number of aromatic nitrogens is 1. The molecule has 2 N–H and O–H groups in total. The van der Waals surface area contributed by atoms with E-state index in [1.807, 2.05) is 0 Å². The van der Waals surface area contributed by atoms with Gasteiger partial charge in [0.2, 0.25) is 0 Å². The first-order valence-corrected chi connectivity index (χ1v) is 5.97. The van der Waals surface area contributed by atoms with Gasteiger partial charge in [-0.05, 0) is 19.0 Å². The largest absolute Gasteiger partial charge is 0.465 e. The minimum absolute atomic E-state index is 0.104. The summed E-state index contributed by atoms with van der Waals surface area (Å²) in [6.07, 6.45) is -0.458. The molecule has 2 atom stereocenters. The van der Waals surface area contributed by atoms with Gasteiger partial charge in [0.1, 0.15) is 18.1 Å². The van der Waals surface area contributed by atoms with Crippen LogP contribution in [0.1, 0.15) is 6.42 Å². The number of amides is 1. The Labute approximate surface area is 113 Å². The quantitative estimate of drug-likeness (QED) is 0.637. The Balaban J connectivity index is 2.43. The molecule has 1 aliphatic heterocycles. The van der Waals surface area contributed by atoms with E-state index in [0.717, 1.165) is 6.20 Å². The molecule has 0 unspecified atom stereocenters. The molecule has 1 saturated heterocycles. The molecule has 1 aliphatic rings. The highest BCUT2D eigenvalue weighted by Gasteiger charge is 2.37. The molecule has 2 rings (SSSR count). The number of piperidine rings is 1. The van der Waals surface area contributed by atoms with E-state index in [-0.39, 0.29) is 18.7 Å². The molecule has 0 aromatic carbocycles. The van der Waals surface area contributed by atoms with Crippen molar-refractivity contribution in [2.75, 3.05) is 18.0 Å². The van der Waals surface area contributed by atoms with Crippen LogP contribution >= 0.6 is 0 Å². The molecular weight excluding hydrogens is 271 g/mol. The number of carboxylic acid groups (broad SMARTS) is 1. The molecule has 2 heterocycles. The van der Waals surface area contributed by atoms with E-state index in [9.17, 15) is 24.4 Å². The minimum Gasteiger partial charge on any atom is -0.465 e. The molecule has 9 heteroatoms. The zero-order valence-electron chi connectivity index (χ0n) is 10.4. The number of hydrogen-bond donors (Lipinski definition) is 2. The average molecular weight is 284 g/mol. The molecule has 0 spiro atoms. The summed E-state index contributed by atoms with van der Waals surface area (Å²) in [5, 5.41) is 23.1. The average Bonchev–Trinajstić information content (AvgIpc) is 2.41. The Kier molecular flexibility index (Phi) is 4.08. The SMILES string of the molecule is O=C(O)N(c1ccncc1[N+](=O)[O-])[C@H]1CNCC[C@@H]1F. The Hall–Kier alpha value is -2.29. The zero-order valence-corrected chi connectivity index (χ0v) is 10.4. The Bertz CT molecular complexity index is 527. The summed E-state index contributed by atoms with van der Waals surface area (Å²) < 4.78 is 13.9. The summed E-state index contributed by atoms with van der Waals surface area (Å²) in [5.74, 6) is 0. The highest BCUT2D eigenvalue weighted by Crippen LogP contribution is 2.30. The molecule has 1 fully saturated rings. The predicted molar refractivity (Wildman–Crippen MR) is 67.6 cm³/mol. The smallest absolute Gasteiger partial charge is 0.412 e. The lowest BCUT2D eigenvalue weighted by atomic mass is 10.0. The predicted octanol–water partition coefficient (Wildman–Crippen LogP) is 1.17. The maximum Gasteiger partial charge on any atom is 0.412 e. The molecule has 1 aromatic heterocycles. The molecule has 0 bridgehead atoms. The third kappa shape index (κ3) is 2.67. The van der Waals surface area contributed by atoms with Crippen LogP contribution in [0.3, 0.4) is 0 Å². The van der Waals surface area contributed by atoms with Crippen LogP contribution in [0.25, 0.3) is 0 Å². The lowest BCUT2D eigenvalue weighted by Crippen LogP contribution is -2.54. The van der Waals surface area contributed by atoms with Crippen molar-refractivity contribution in [1.29, 1.82) is 0 Å². The lowest BCUT2D eigenvalue weighted by Gasteiger charge is -2.34. The molecule has 20 heavy (non-hydrogen) atoms. The van der Waals surface area contributed by atoms with Crippen molar-refractivity contribution >= 4 is 17.5 Å². The van der Waals surface area contributed by atoms with E-state index in [1.54, 1.807) is 0 Å². The summed E-state index contributed by atoms with van der Waals surface area (Å²) in [7, 11) is 0. The minimum atomic E-state index is -1.43. The third-order valence-corrected chi connectivity index (χ3v) is 3.14. The van der Waals surface area contributed by atoms with Gasteiger partial charge in [0.05, 0.1) is 11.0 Å². The molecule has 8 nitrogen and oxygen atoms in total. The van der Waals surface area contributed by atoms with E-state index in [0.29, 0.717) is 11.4 Å². The standard InChI is InChI=1S/C11H13FN4O4/c12-7-1-3-13-5-9(7)15(11(17)18)8-2-4-14-6-10(8)16(19)20/h2,4,6-7,9,13H,1,3,5H2,(H,17,18)/t7-,9-/m0/s1. The summed E-state index contributed by atoms with van der Waals surface area (Å²) >= 11 is 0. The molecule has 108 valence electrons. The normalized spacial score (nSPS) is 22.2. The van der Waals surface area contributed by atoms with Gasteiger partial charge >= 0.3 is 11.8 Å². The van der Waals surface area contributed by atoms with Gasteiger partial charge in [0.15, 0.2) is 0 Å². The second kappa shape index (κ2) is 5.78. The molecule has 1 aromatic rings. The van der Waals surface area contributed by atoms with Gasteiger partial charge in [-0.2, -0.15) is 0 Å². The van der Waals surface area contributed by atoms with E-state index in [2.05, 4.69) is 10.3 Å². The van der Waals surface area contributed by atoms with Crippen LogP contribution in [0.15, 0.2) is 18.5 Å². The van der Waals surface area contributed by atoms with Crippen LogP contribution in [0.5, 0.6) is 0 Å². The number of nitrogens with zero attached hydrogens (tertiary/aromatic N) is 3. The third-order valence-electron chi connectivity index (χ3n) is 3.14. The van der Waals surface area contributed by atoms with Gasteiger partial charge in [-0.15, -0.1) is 0 Å². The van der Waals surface area contributed by atoms with Gasteiger partial charge in [-0.3, -0.25) is 20.0 Å². The van der Waals surface area contributed by atoms with E-state index in [1.165, 1.54) is 12.3 Å². The molecule has 0 aliphatic carbocycles. The topological polar surface area (TPSA) is 109 Å². The van der Waals surface area contributed by atoms with Crippen molar-refractivity contribution in [2.24, 2.45) is 0 Å². The number of rotatable bonds is 3. The second-order valence-corrected chi connectivity index (χ2v) is 4.35. The fourth-order valence-electron chi connectivity index (χ4n) is 2.21. The first kappa shape index (κ1) is 14.1. The van der Waals surface area contributed by atoms with Crippen molar-refractivity contribution in [3.8, 4) is 0 Å². The highest BCUT2D eigenvalue weighted by atomic mass is 19.1. The Morgan fingerprint density at radius 3 is 3.00 bits per heavy atom. The van der Waals surface area contributed by atoms with Crippen molar-refractivity contribution in [2.45, 2.75) is 18.6 Å². The first-order chi connectivity index (χ1) is 9.52. The monoisotopic (exact) mass is 284 g/mol. The van der Waals surface area contributed by atoms with Gasteiger partial charge in [0.25, 0.3) is 0 Å². The van der Waals surface area contributed by atoms with Crippen molar-refractivity contribution in [3.63, 3.8) is 0 Å². The van der Waals surface area contributed by atoms with Crippen LogP contribution < -0.4 is 10.2 Å². The maximum absolute atomic E-state index is 13.9. The number of nitro groups is 1. The highest BCUT2D eigenvalue weighted by molar-refractivity contribution is 5.90. The number of alkyl halides is 1. The van der Waals surface area contributed by atoms with Crippen LogP contribution in [0.4, 0.5) is 20.6 Å². The van der Waals surface area contributed by atoms with E-state index >= 15 is 0 Å². The fourth-order valence-corrected chi connectivity index (χ4v) is 2.21. The zero-order chi connectivity index (χ0) is 14.7. The van der Waals surface area contributed by atoms with Crippen molar-refractivity contribution < 1.29 is 19.2 Å². The fraction of sp³-hybridized carbons (Fsp3) is 0.455. The number of carbonyl (C=O) groups is 1. The van der Waals surface area contributed by atoms with Crippen LogP contribution in [-0.4, -0.2) is 46.4 Å². The number of anilines is 1. The van der Waals surface area contributed by atoms with Gasteiger partial charge in [-0.1, -0.05) is 0 Å². The number of pyridine rings is 1. The van der Waals surface area contributed by atoms with Crippen molar-refractivity contribution in [1.82, 2.24) is 10.3 Å². The van der Waals surface area contributed by atoms with Gasteiger partial charge < -0.3 is 10.4 Å². The number of halogens is 1. The van der Waals surface area contributed by atoms with Crippen LogP contribution in [-0.2, 0) is 0 Å². The van der Waals surface area contributed by atoms with Crippen LogP contribution in [0.2, 0.25) is 0 Å². The van der Waals surface area contributed by atoms with Gasteiger partial charge in [-0.25, -0.2) is 9.18 Å².